The summed E-state index contributed by atoms with van der Waals surface area (Å²) >= 11 is 13.6. The van der Waals surface area contributed by atoms with Crippen LogP contribution in [0.2, 0.25) is 10.0 Å². The van der Waals surface area contributed by atoms with Gasteiger partial charge in [-0.15, -0.1) is 11.3 Å². The van der Waals surface area contributed by atoms with Crippen molar-refractivity contribution in [3.8, 4) is 10.8 Å². The molecule has 0 spiro atoms. The molecule has 0 bridgehead atoms. The smallest absolute Gasteiger partial charge is 0.268 e. The van der Waals surface area contributed by atoms with Gasteiger partial charge in [0.15, 0.2) is 5.82 Å². The zero-order valence-electron chi connectivity index (χ0n) is 10.1. The molecule has 0 atom stereocenters. The maximum atomic E-state index is 6.12. The fraction of sp³-hybridized carbons (Fsp3) is 0.0769. The highest BCUT2D eigenvalue weighted by atomic mass is 35.5. The predicted octanol–water partition coefficient (Wildman–Crippen LogP) is 4.28. The number of anilines is 1. The number of benzene rings is 1. The van der Waals surface area contributed by atoms with Gasteiger partial charge in [-0.3, -0.25) is 0 Å². The number of aromatic nitrogens is 2. The molecule has 4 nitrogen and oxygen atoms in total. The maximum absolute atomic E-state index is 6.12. The molecule has 0 saturated heterocycles. The monoisotopic (exact) mass is 325 g/mol. The van der Waals surface area contributed by atoms with E-state index in [0.717, 1.165) is 10.4 Å². The van der Waals surface area contributed by atoms with Gasteiger partial charge in [0.25, 0.3) is 5.89 Å². The molecule has 0 fully saturated rings. The molecule has 0 amide bonds. The number of thiophene rings is 1. The lowest BCUT2D eigenvalue weighted by Gasteiger charge is -2.02. The van der Waals surface area contributed by atoms with E-state index in [0.29, 0.717) is 33.2 Å². The van der Waals surface area contributed by atoms with E-state index in [9.17, 15) is 0 Å². The van der Waals surface area contributed by atoms with Gasteiger partial charge in [-0.2, -0.15) is 4.98 Å². The molecule has 102 valence electrons. The zero-order valence-corrected chi connectivity index (χ0v) is 12.5. The van der Waals surface area contributed by atoms with E-state index >= 15 is 0 Å². The van der Waals surface area contributed by atoms with Crippen LogP contribution in [-0.4, -0.2) is 10.1 Å². The third-order valence-electron chi connectivity index (χ3n) is 2.70. The number of nitrogens with two attached hydrogens (primary N) is 1. The van der Waals surface area contributed by atoms with Crippen molar-refractivity contribution in [2.75, 3.05) is 5.73 Å². The van der Waals surface area contributed by atoms with Gasteiger partial charge >= 0.3 is 0 Å². The van der Waals surface area contributed by atoms with Crippen molar-refractivity contribution in [3.05, 3.63) is 51.8 Å². The Bertz CT molecular complexity index is 733. The van der Waals surface area contributed by atoms with Crippen LogP contribution < -0.4 is 5.73 Å². The van der Waals surface area contributed by atoms with Crippen LogP contribution in [0.25, 0.3) is 10.8 Å². The van der Waals surface area contributed by atoms with Crippen molar-refractivity contribution in [2.45, 2.75) is 6.42 Å². The average Bonchev–Trinajstić information content (AvgIpc) is 3.03. The fourth-order valence-corrected chi connectivity index (χ4v) is 2.98. The van der Waals surface area contributed by atoms with E-state index in [4.69, 9.17) is 33.5 Å². The minimum absolute atomic E-state index is 0.420. The van der Waals surface area contributed by atoms with Crippen molar-refractivity contribution in [3.63, 3.8) is 0 Å². The van der Waals surface area contributed by atoms with E-state index in [-0.39, 0.29) is 0 Å². The Balaban J connectivity index is 1.88. The Morgan fingerprint density at radius 2 is 1.90 bits per heavy atom. The molecule has 0 unspecified atom stereocenters. The summed E-state index contributed by atoms with van der Waals surface area (Å²) in [6.07, 6.45) is 0.420. The largest absolute Gasteiger partial charge is 0.391 e. The van der Waals surface area contributed by atoms with Crippen molar-refractivity contribution < 1.29 is 4.52 Å². The summed E-state index contributed by atoms with van der Waals surface area (Å²) in [5, 5.41) is 5.82. The summed E-state index contributed by atoms with van der Waals surface area (Å²) in [5.74, 6) is 0.979. The van der Waals surface area contributed by atoms with Crippen molar-refractivity contribution in [1.29, 1.82) is 0 Å². The third kappa shape index (κ3) is 2.65. The quantitative estimate of drug-likeness (QED) is 0.780. The van der Waals surface area contributed by atoms with Gasteiger partial charge < -0.3 is 10.3 Å². The van der Waals surface area contributed by atoms with Gasteiger partial charge in [0, 0.05) is 16.5 Å². The van der Waals surface area contributed by atoms with Crippen molar-refractivity contribution in [2.24, 2.45) is 0 Å². The van der Waals surface area contributed by atoms with Crippen LogP contribution in [0, 0.1) is 0 Å². The topological polar surface area (TPSA) is 64.9 Å². The summed E-state index contributed by atoms with van der Waals surface area (Å²) in [7, 11) is 0. The van der Waals surface area contributed by atoms with Crippen LogP contribution in [0.3, 0.4) is 0 Å². The van der Waals surface area contributed by atoms with Gasteiger partial charge in [-0.1, -0.05) is 34.4 Å². The van der Waals surface area contributed by atoms with E-state index < -0.39 is 0 Å². The van der Waals surface area contributed by atoms with Gasteiger partial charge in [0.1, 0.15) is 0 Å². The molecule has 3 aromatic rings. The number of halogens is 2. The first-order valence-corrected chi connectivity index (χ1v) is 7.32. The molecule has 7 heteroatoms. The molecule has 2 N–H and O–H groups in total. The first-order chi connectivity index (χ1) is 9.63. The highest BCUT2D eigenvalue weighted by molar-refractivity contribution is 7.19. The minimum Gasteiger partial charge on any atom is -0.391 e. The predicted molar refractivity (Wildman–Crippen MR) is 81.3 cm³/mol. The summed E-state index contributed by atoms with van der Waals surface area (Å²) in [5.41, 5.74) is 6.47. The van der Waals surface area contributed by atoms with E-state index in [1.54, 1.807) is 24.3 Å². The number of hydrogen-bond acceptors (Lipinski definition) is 5. The van der Waals surface area contributed by atoms with Gasteiger partial charge in [0.05, 0.1) is 9.88 Å². The molecule has 0 aliphatic rings. The Hall–Kier alpha value is -1.56. The lowest BCUT2D eigenvalue weighted by Crippen LogP contribution is -1.93. The zero-order chi connectivity index (χ0) is 14.1. The molecule has 0 saturated carbocycles. The first-order valence-electron chi connectivity index (χ1n) is 5.74. The van der Waals surface area contributed by atoms with E-state index in [1.807, 2.05) is 6.07 Å². The Labute approximate surface area is 129 Å². The second-order valence-electron chi connectivity index (χ2n) is 4.09. The molecule has 20 heavy (non-hydrogen) atoms. The number of nitrogen functional groups attached to an aromatic ring is 1. The number of rotatable bonds is 3. The summed E-state index contributed by atoms with van der Waals surface area (Å²) < 4.78 is 5.22. The Morgan fingerprint density at radius 1 is 1.15 bits per heavy atom. The number of hydrogen-bond donors (Lipinski definition) is 1. The molecule has 3 rings (SSSR count). The molecular formula is C13H9Cl2N3OS. The van der Waals surface area contributed by atoms with Crippen molar-refractivity contribution in [1.82, 2.24) is 10.1 Å². The summed E-state index contributed by atoms with van der Waals surface area (Å²) in [6, 6.07) is 9.01. The third-order valence-corrected chi connectivity index (χ3v) is 4.31. The van der Waals surface area contributed by atoms with Gasteiger partial charge in [0.2, 0.25) is 0 Å². The van der Waals surface area contributed by atoms with E-state index in [1.165, 1.54) is 11.3 Å². The van der Waals surface area contributed by atoms with Crippen LogP contribution in [-0.2, 0) is 6.42 Å². The Kier molecular flexibility index (Phi) is 3.65. The molecule has 0 aliphatic carbocycles. The first kappa shape index (κ1) is 13.4. The lowest BCUT2D eigenvalue weighted by atomic mass is 10.1. The standard InChI is InChI=1S/C13H9Cl2N3OS/c14-8-2-1-3-9(15)7(8)6-12-17-13(19-18-12)10-4-5-11(16)20-10/h1-5H,6,16H2. The van der Waals surface area contributed by atoms with Gasteiger partial charge in [-0.05, 0) is 29.8 Å². The van der Waals surface area contributed by atoms with Crippen LogP contribution in [0.4, 0.5) is 5.00 Å². The van der Waals surface area contributed by atoms with Crippen LogP contribution in [0.5, 0.6) is 0 Å². The molecule has 2 aromatic heterocycles. The second kappa shape index (κ2) is 5.44. The summed E-state index contributed by atoms with van der Waals surface area (Å²) in [4.78, 5) is 5.17. The van der Waals surface area contributed by atoms with Gasteiger partial charge in [-0.25, -0.2) is 0 Å². The molecule has 1 aromatic carbocycles. The fourth-order valence-electron chi connectivity index (χ4n) is 1.75. The minimum atomic E-state index is 0.420. The highest BCUT2D eigenvalue weighted by Crippen LogP contribution is 2.30. The molecule has 0 aliphatic heterocycles. The summed E-state index contributed by atoms with van der Waals surface area (Å²) in [6.45, 7) is 0. The van der Waals surface area contributed by atoms with Crippen LogP contribution >= 0.6 is 34.5 Å². The molecular weight excluding hydrogens is 317 g/mol. The van der Waals surface area contributed by atoms with Crippen molar-refractivity contribution >= 4 is 39.5 Å². The molecule has 2 heterocycles. The lowest BCUT2D eigenvalue weighted by molar-refractivity contribution is 0.425. The second-order valence-corrected chi connectivity index (χ2v) is 6.02. The normalized spacial score (nSPS) is 10.9. The number of nitrogens with zero attached hydrogens (tertiary/aromatic N) is 2. The van der Waals surface area contributed by atoms with Crippen LogP contribution in [0.15, 0.2) is 34.9 Å². The Morgan fingerprint density at radius 3 is 2.55 bits per heavy atom. The van der Waals surface area contributed by atoms with Crippen LogP contribution in [0.1, 0.15) is 11.4 Å². The molecule has 0 radical (unpaired) electrons. The maximum Gasteiger partial charge on any atom is 0.268 e. The highest BCUT2D eigenvalue weighted by Gasteiger charge is 2.14. The van der Waals surface area contributed by atoms with E-state index in [2.05, 4.69) is 10.1 Å². The average molecular weight is 326 g/mol. The SMILES string of the molecule is Nc1ccc(-c2nc(Cc3c(Cl)cccc3Cl)no2)s1.